The van der Waals surface area contributed by atoms with Crippen LogP contribution in [0.25, 0.3) is 11.4 Å². The maximum absolute atomic E-state index is 4.42. The van der Waals surface area contributed by atoms with E-state index in [1.807, 2.05) is 0 Å². The van der Waals surface area contributed by atoms with Gasteiger partial charge in [-0.1, -0.05) is 31.2 Å². The molecular formula is C12H15N3S. The molecule has 0 bridgehead atoms. The summed E-state index contributed by atoms with van der Waals surface area (Å²) in [4.78, 5) is 4.42. The summed E-state index contributed by atoms with van der Waals surface area (Å²) < 4.78 is 4.33. The second kappa shape index (κ2) is 5.07. The summed E-state index contributed by atoms with van der Waals surface area (Å²) in [5.74, 6) is 0.809. The third-order valence-electron chi connectivity index (χ3n) is 2.37. The van der Waals surface area contributed by atoms with Gasteiger partial charge in [0.2, 0.25) is 5.13 Å². The van der Waals surface area contributed by atoms with Crippen molar-refractivity contribution in [2.45, 2.75) is 20.3 Å². The molecule has 0 aliphatic carbocycles. The second-order valence-corrected chi connectivity index (χ2v) is 4.26. The van der Waals surface area contributed by atoms with Crippen LogP contribution in [-0.2, 0) is 6.42 Å². The number of benzene rings is 1. The summed E-state index contributed by atoms with van der Waals surface area (Å²) in [6.45, 7) is 5.08. The average Bonchev–Trinajstić information content (AvgIpc) is 2.78. The first kappa shape index (κ1) is 11.1. The van der Waals surface area contributed by atoms with Crippen LogP contribution in [0.5, 0.6) is 0 Å². The van der Waals surface area contributed by atoms with Crippen LogP contribution < -0.4 is 5.32 Å². The molecule has 1 heterocycles. The van der Waals surface area contributed by atoms with Crippen LogP contribution in [0.4, 0.5) is 5.13 Å². The van der Waals surface area contributed by atoms with Crippen molar-refractivity contribution in [1.29, 1.82) is 0 Å². The number of nitrogens with one attached hydrogen (secondary N) is 1. The molecule has 0 aliphatic heterocycles. The van der Waals surface area contributed by atoms with Gasteiger partial charge in [-0.3, -0.25) is 0 Å². The fraction of sp³-hybridized carbons (Fsp3) is 0.333. The molecule has 1 N–H and O–H groups in total. The van der Waals surface area contributed by atoms with E-state index in [9.17, 15) is 0 Å². The van der Waals surface area contributed by atoms with Gasteiger partial charge in [0.05, 0.1) is 0 Å². The largest absolute Gasteiger partial charge is 0.361 e. The fourth-order valence-electron chi connectivity index (χ4n) is 1.45. The van der Waals surface area contributed by atoms with Gasteiger partial charge in [-0.2, -0.15) is 9.36 Å². The van der Waals surface area contributed by atoms with Crippen molar-refractivity contribution in [3.8, 4) is 11.4 Å². The predicted octanol–water partition coefficient (Wildman–Crippen LogP) is 3.20. The van der Waals surface area contributed by atoms with E-state index in [4.69, 9.17) is 0 Å². The topological polar surface area (TPSA) is 37.8 Å². The number of anilines is 1. The van der Waals surface area contributed by atoms with Crippen molar-refractivity contribution in [3.63, 3.8) is 0 Å². The Kier molecular flexibility index (Phi) is 3.51. The molecule has 1 aromatic heterocycles. The van der Waals surface area contributed by atoms with E-state index >= 15 is 0 Å². The summed E-state index contributed by atoms with van der Waals surface area (Å²) in [6.07, 6.45) is 1.06. The molecule has 0 atom stereocenters. The number of nitrogens with zero attached hydrogens (tertiary/aromatic N) is 2. The summed E-state index contributed by atoms with van der Waals surface area (Å²) in [5.41, 5.74) is 2.42. The minimum Gasteiger partial charge on any atom is -0.361 e. The van der Waals surface area contributed by atoms with E-state index in [0.717, 1.165) is 29.5 Å². The molecule has 0 amide bonds. The lowest BCUT2D eigenvalue weighted by Gasteiger charge is -1.98. The third kappa shape index (κ3) is 2.39. The number of hydrogen-bond acceptors (Lipinski definition) is 4. The van der Waals surface area contributed by atoms with Gasteiger partial charge in [0.15, 0.2) is 5.82 Å². The van der Waals surface area contributed by atoms with Crippen molar-refractivity contribution in [2.75, 3.05) is 11.9 Å². The number of aryl methyl sites for hydroxylation is 1. The highest BCUT2D eigenvalue weighted by atomic mass is 32.1. The number of aromatic nitrogens is 2. The molecule has 2 aromatic rings. The highest BCUT2D eigenvalue weighted by Crippen LogP contribution is 2.21. The molecule has 1 aromatic carbocycles. The molecule has 0 spiro atoms. The normalized spacial score (nSPS) is 10.4. The molecule has 0 saturated heterocycles. The standard InChI is InChI=1S/C12H15N3S/c1-3-9-5-7-10(8-6-9)11-14-12(13-4-2)16-15-11/h5-8H,3-4H2,1-2H3,(H,13,14,15). The highest BCUT2D eigenvalue weighted by Gasteiger charge is 2.05. The van der Waals surface area contributed by atoms with Crippen LogP contribution >= 0.6 is 11.5 Å². The molecule has 2 rings (SSSR count). The molecule has 0 saturated carbocycles. The summed E-state index contributed by atoms with van der Waals surface area (Å²) in [6, 6.07) is 8.42. The first-order chi connectivity index (χ1) is 7.83. The molecular weight excluding hydrogens is 218 g/mol. The molecule has 16 heavy (non-hydrogen) atoms. The highest BCUT2D eigenvalue weighted by molar-refractivity contribution is 7.09. The minimum absolute atomic E-state index is 0.809. The van der Waals surface area contributed by atoms with Crippen LogP contribution in [0.2, 0.25) is 0 Å². The Morgan fingerprint density at radius 3 is 2.56 bits per heavy atom. The average molecular weight is 233 g/mol. The molecule has 0 aliphatic rings. The van der Waals surface area contributed by atoms with Crippen LogP contribution in [0.15, 0.2) is 24.3 Å². The van der Waals surface area contributed by atoms with Gasteiger partial charge in [-0.05, 0) is 18.9 Å². The van der Waals surface area contributed by atoms with E-state index in [1.165, 1.54) is 17.1 Å². The van der Waals surface area contributed by atoms with Crippen LogP contribution in [0, 0.1) is 0 Å². The zero-order valence-corrected chi connectivity index (χ0v) is 10.3. The minimum atomic E-state index is 0.809. The zero-order valence-electron chi connectivity index (χ0n) is 9.53. The lowest BCUT2D eigenvalue weighted by molar-refractivity contribution is 1.14. The van der Waals surface area contributed by atoms with Crippen LogP contribution in [-0.4, -0.2) is 15.9 Å². The Labute approximate surface area is 99.7 Å². The van der Waals surface area contributed by atoms with E-state index in [2.05, 4.69) is 52.8 Å². The van der Waals surface area contributed by atoms with Crippen LogP contribution in [0.1, 0.15) is 19.4 Å². The van der Waals surface area contributed by atoms with Crippen molar-refractivity contribution >= 4 is 16.7 Å². The van der Waals surface area contributed by atoms with Crippen LogP contribution in [0.3, 0.4) is 0 Å². The lowest BCUT2D eigenvalue weighted by atomic mass is 10.1. The molecule has 0 radical (unpaired) electrons. The summed E-state index contributed by atoms with van der Waals surface area (Å²) in [5, 5.41) is 4.05. The van der Waals surface area contributed by atoms with Gasteiger partial charge in [-0.15, -0.1) is 0 Å². The van der Waals surface area contributed by atoms with Crippen molar-refractivity contribution in [2.24, 2.45) is 0 Å². The quantitative estimate of drug-likeness (QED) is 0.881. The van der Waals surface area contributed by atoms with Gasteiger partial charge in [0, 0.05) is 23.6 Å². The van der Waals surface area contributed by atoms with E-state index in [-0.39, 0.29) is 0 Å². The van der Waals surface area contributed by atoms with E-state index in [1.54, 1.807) is 0 Å². The Balaban J connectivity index is 2.21. The first-order valence-corrected chi connectivity index (χ1v) is 6.27. The smallest absolute Gasteiger partial charge is 0.202 e. The molecule has 3 nitrogen and oxygen atoms in total. The molecule has 0 unspecified atom stereocenters. The van der Waals surface area contributed by atoms with E-state index < -0.39 is 0 Å². The van der Waals surface area contributed by atoms with Gasteiger partial charge in [0.1, 0.15) is 0 Å². The molecule has 4 heteroatoms. The van der Waals surface area contributed by atoms with Gasteiger partial charge >= 0.3 is 0 Å². The van der Waals surface area contributed by atoms with Crippen molar-refractivity contribution in [1.82, 2.24) is 9.36 Å². The zero-order chi connectivity index (χ0) is 11.4. The summed E-state index contributed by atoms with van der Waals surface area (Å²) >= 11 is 1.41. The van der Waals surface area contributed by atoms with Gasteiger partial charge < -0.3 is 5.32 Å². The Hall–Kier alpha value is -1.42. The Bertz CT molecular complexity index is 448. The SMILES string of the molecule is CCNc1nc(-c2ccc(CC)cc2)ns1. The van der Waals surface area contributed by atoms with E-state index in [0.29, 0.717) is 0 Å². The van der Waals surface area contributed by atoms with Crippen molar-refractivity contribution in [3.05, 3.63) is 29.8 Å². The lowest BCUT2D eigenvalue weighted by Crippen LogP contribution is -1.94. The maximum atomic E-state index is 4.42. The number of rotatable bonds is 4. The second-order valence-electron chi connectivity index (χ2n) is 3.50. The number of hydrogen-bond donors (Lipinski definition) is 1. The Morgan fingerprint density at radius 2 is 1.94 bits per heavy atom. The predicted molar refractivity (Wildman–Crippen MR) is 68.9 cm³/mol. The monoisotopic (exact) mass is 233 g/mol. The van der Waals surface area contributed by atoms with Crippen molar-refractivity contribution < 1.29 is 0 Å². The third-order valence-corrected chi connectivity index (χ3v) is 3.05. The Morgan fingerprint density at radius 1 is 1.19 bits per heavy atom. The van der Waals surface area contributed by atoms with Gasteiger partial charge in [0.25, 0.3) is 0 Å². The molecule has 0 fully saturated rings. The first-order valence-electron chi connectivity index (χ1n) is 5.50. The maximum Gasteiger partial charge on any atom is 0.202 e. The fourth-order valence-corrected chi connectivity index (χ4v) is 2.11. The summed E-state index contributed by atoms with van der Waals surface area (Å²) in [7, 11) is 0. The molecule has 84 valence electrons. The van der Waals surface area contributed by atoms with Gasteiger partial charge in [-0.25, -0.2) is 0 Å².